The Labute approximate surface area is 104 Å². The molecule has 0 atom stereocenters. The van der Waals surface area contributed by atoms with Gasteiger partial charge in [-0.2, -0.15) is 0 Å². The quantitative estimate of drug-likeness (QED) is 0.420. The molecule has 0 bridgehead atoms. The first-order valence-corrected chi connectivity index (χ1v) is 6.10. The molecular weight excluding hydrogens is 220 g/mol. The van der Waals surface area contributed by atoms with Gasteiger partial charge in [-0.25, -0.2) is 4.98 Å². The van der Waals surface area contributed by atoms with Crippen LogP contribution in [0.2, 0.25) is 0 Å². The molecule has 0 radical (unpaired) electrons. The topological polar surface area (TPSA) is 17.3 Å². The van der Waals surface area contributed by atoms with Gasteiger partial charge in [0.2, 0.25) is 0 Å². The summed E-state index contributed by atoms with van der Waals surface area (Å²) in [5, 5.41) is 3.76. The van der Waals surface area contributed by atoms with Crippen LogP contribution in [-0.2, 0) is 0 Å². The maximum atomic E-state index is 4.65. The van der Waals surface area contributed by atoms with Crippen LogP contribution in [-0.4, -0.2) is 9.38 Å². The Kier molecular flexibility index (Phi) is 1.78. The Morgan fingerprint density at radius 3 is 2.33 bits per heavy atom. The van der Waals surface area contributed by atoms with Crippen molar-refractivity contribution in [3.05, 3.63) is 60.4 Å². The highest BCUT2D eigenvalue weighted by Crippen LogP contribution is 2.28. The Hall–Kier alpha value is -2.35. The van der Waals surface area contributed by atoms with E-state index in [0.29, 0.717) is 0 Å². The summed E-state index contributed by atoms with van der Waals surface area (Å²) in [6.07, 6.45) is 2.10. The number of fused-ring (bicyclic) bond motifs is 6. The third-order valence-corrected chi connectivity index (χ3v) is 3.45. The summed E-state index contributed by atoms with van der Waals surface area (Å²) in [4.78, 5) is 4.65. The molecule has 0 saturated heterocycles. The second kappa shape index (κ2) is 3.33. The number of aryl methyl sites for hydroxylation is 1. The van der Waals surface area contributed by atoms with Gasteiger partial charge in [-0.1, -0.05) is 42.5 Å². The molecule has 0 fully saturated rings. The molecule has 2 aromatic carbocycles. The average Bonchev–Trinajstić information content (AvgIpc) is 2.81. The number of rotatable bonds is 0. The fourth-order valence-corrected chi connectivity index (χ4v) is 2.70. The zero-order chi connectivity index (χ0) is 12.1. The van der Waals surface area contributed by atoms with Gasteiger partial charge in [0.05, 0.1) is 11.2 Å². The van der Waals surface area contributed by atoms with Gasteiger partial charge in [-0.15, -0.1) is 0 Å². The molecular formula is C16H12N2. The summed E-state index contributed by atoms with van der Waals surface area (Å²) in [5.74, 6) is 0. The van der Waals surface area contributed by atoms with Crippen LogP contribution in [0.5, 0.6) is 0 Å². The molecule has 0 amide bonds. The van der Waals surface area contributed by atoms with Crippen LogP contribution in [0, 0.1) is 6.92 Å². The van der Waals surface area contributed by atoms with Gasteiger partial charge in [0.25, 0.3) is 0 Å². The van der Waals surface area contributed by atoms with Gasteiger partial charge in [-0.3, -0.25) is 4.40 Å². The second-order valence-electron chi connectivity index (χ2n) is 4.64. The number of pyridine rings is 1. The predicted molar refractivity (Wildman–Crippen MR) is 74.9 cm³/mol. The van der Waals surface area contributed by atoms with Crippen LogP contribution >= 0.6 is 0 Å². The molecule has 0 aliphatic rings. The second-order valence-corrected chi connectivity index (χ2v) is 4.64. The molecule has 2 heteroatoms. The lowest BCUT2D eigenvalue weighted by atomic mass is 10.1. The summed E-state index contributed by atoms with van der Waals surface area (Å²) >= 11 is 0. The Morgan fingerprint density at radius 2 is 1.50 bits per heavy atom. The van der Waals surface area contributed by atoms with Crippen LogP contribution in [0.25, 0.3) is 27.3 Å². The van der Waals surface area contributed by atoms with Crippen molar-refractivity contribution in [1.82, 2.24) is 9.38 Å². The SMILES string of the molecule is Cc1cn2c3ccccc3c3ccccc3c2n1. The highest BCUT2D eigenvalue weighted by atomic mass is 15.0. The van der Waals surface area contributed by atoms with Gasteiger partial charge in [0.1, 0.15) is 5.65 Å². The number of imidazole rings is 1. The molecule has 18 heavy (non-hydrogen) atoms. The maximum Gasteiger partial charge on any atom is 0.145 e. The van der Waals surface area contributed by atoms with E-state index in [2.05, 4.69) is 64.1 Å². The molecule has 0 spiro atoms. The van der Waals surface area contributed by atoms with Crippen LogP contribution < -0.4 is 0 Å². The summed E-state index contributed by atoms with van der Waals surface area (Å²) in [5.41, 5.74) is 3.31. The van der Waals surface area contributed by atoms with Gasteiger partial charge < -0.3 is 0 Å². The van der Waals surface area contributed by atoms with Crippen molar-refractivity contribution in [2.75, 3.05) is 0 Å². The number of nitrogens with zero attached hydrogens (tertiary/aromatic N) is 2. The largest absolute Gasteiger partial charge is 0.299 e. The average molecular weight is 232 g/mol. The Bertz CT molecular complexity index is 815. The Balaban J connectivity index is 2.45. The number of benzene rings is 2. The van der Waals surface area contributed by atoms with E-state index in [4.69, 9.17) is 0 Å². The fraction of sp³-hybridized carbons (Fsp3) is 0.0625. The highest BCUT2D eigenvalue weighted by molar-refractivity contribution is 6.11. The molecule has 0 unspecified atom stereocenters. The standard InChI is InChI=1S/C16H12N2/c1-11-10-18-15-9-5-4-7-13(15)12-6-2-3-8-14(12)16(18)17-11/h2-10H,1H3. The minimum Gasteiger partial charge on any atom is -0.299 e. The Morgan fingerprint density at radius 1 is 0.833 bits per heavy atom. The van der Waals surface area contributed by atoms with Crippen LogP contribution in [0.3, 0.4) is 0 Å². The highest BCUT2D eigenvalue weighted by Gasteiger charge is 2.08. The summed E-state index contributed by atoms with van der Waals surface area (Å²) < 4.78 is 2.19. The van der Waals surface area contributed by atoms with Crippen LogP contribution in [0.15, 0.2) is 54.7 Å². The lowest BCUT2D eigenvalue weighted by molar-refractivity contribution is 1.27. The summed E-state index contributed by atoms with van der Waals surface area (Å²) in [6, 6.07) is 17.0. The third-order valence-electron chi connectivity index (χ3n) is 3.45. The molecule has 2 nitrogen and oxygen atoms in total. The zero-order valence-electron chi connectivity index (χ0n) is 10.1. The van der Waals surface area contributed by atoms with E-state index in [1.807, 2.05) is 6.92 Å². The first-order chi connectivity index (χ1) is 8.84. The lowest BCUT2D eigenvalue weighted by Crippen LogP contribution is -1.89. The van der Waals surface area contributed by atoms with Crippen LogP contribution in [0.1, 0.15) is 5.69 Å². The van der Waals surface area contributed by atoms with E-state index in [1.54, 1.807) is 0 Å². The summed E-state index contributed by atoms with van der Waals surface area (Å²) in [6.45, 7) is 2.04. The number of para-hydroxylation sites is 1. The van der Waals surface area contributed by atoms with E-state index in [1.165, 1.54) is 21.7 Å². The van der Waals surface area contributed by atoms with Crippen LogP contribution in [0.4, 0.5) is 0 Å². The molecule has 0 aliphatic carbocycles. The van der Waals surface area contributed by atoms with Crippen molar-refractivity contribution in [2.24, 2.45) is 0 Å². The monoisotopic (exact) mass is 232 g/mol. The van der Waals surface area contributed by atoms with Crippen molar-refractivity contribution in [1.29, 1.82) is 0 Å². The predicted octanol–water partition coefficient (Wildman–Crippen LogP) is 3.95. The van der Waals surface area contributed by atoms with Crippen molar-refractivity contribution < 1.29 is 0 Å². The van der Waals surface area contributed by atoms with E-state index in [0.717, 1.165) is 11.3 Å². The van der Waals surface area contributed by atoms with Crippen molar-refractivity contribution >= 4 is 27.3 Å². The molecule has 0 saturated carbocycles. The minimum atomic E-state index is 1.04. The molecule has 4 aromatic rings. The smallest absolute Gasteiger partial charge is 0.145 e. The minimum absolute atomic E-state index is 1.04. The molecule has 2 aromatic heterocycles. The first-order valence-electron chi connectivity index (χ1n) is 6.10. The molecule has 2 heterocycles. The zero-order valence-corrected chi connectivity index (χ0v) is 10.1. The van der Waals surface area contributed by atoms with Gasteiger partial charge in [0.15, 0.2) is 0 Å². The normalized spacial score (nSPS) is 11.6. The van der Waals surface area contributed by atoms with Gasteiger partial charge in [-0.05, 0) is 18.4 Å². The maximum absolute atomic E-state index is 4.65. The van der Waals surface area contributed by atoms with E-state index in [-0.39, 0.29) is 0 Å². The summed E-state index contributed by atoms with van der Waals surface area (Å²) in [7, 11) is 0. The van der Waals surface area contributed by atoms with E-state index < -0.39 is 0 Å². The van der Waals surface area contributed by atoms with E-state index in [9.17, 15) is 0 Å². The number of hydrogen-bond donors (Lipinski definition) is 0. The molecule has 0 N–H and O–H groups in total. The molecule has 0 aliphatic heterocycles. The van der Waals surface area contributed by atoms with Crippen molar-refractivity contribution in [3.63, 3.8) is 0 Å². The third kappa shape index (κ3) is 1.15. The van der Waals surface area contributed by atoms with Gasteiger partial charge >= 0.3 is 0 Å². The fourth-order valence-electron chi connectivity index (χ4n) is 2.70. The van der Waals surface area contributed by atoms with Gasteiger partial charge in [0, 0.05) is 17.0 Å². The van der Waals surface area contributed by atoms with Crippen molar-refractivity contribution in [3.8, 4) is 0 Å². The lowest BCUT2D eigenvalue weighted by Gasteiger charge is -2.07. The number of aromatic nitrogens is 2. The first kappa shape index (κ1) is 9.66. The van der Waals surface area contributed by atoms with Crippen molar-refractivity contribution in [2.45, 2.75) is 6.92 Å². The number of hydrogen-bond acceptors (Lipinski definition) is 1. The molecule has 4 rings (SSSR count). The van der Waals surface area contributed by atoms with E-state index >= 15 is 0 Å². The molecule has 86 valence electrons.